The molecule has 0 aromatic heterocycles. The number of rotatable bonds is 4. The van der Waals surface area contributed by atoms with Crippen molar-refractivity contribution in [3.8, 4) is 5.75 Å². The van der Waals surface area contributed by atoms with Gasteiger partial charge in [-0.15, -0.1) is 0 Å². The topological polar surface area (TPSA) is 84.7 Å². The number of hydrogen-bond acceptors (Lipinski definition) is 4. The number of ether oxygens (including phenoxy) is 1. The first-order chi connectivity index (χ1) is 11.0. The fraction of sp³-hybridized carbons (Fsp3) is 0.529. The van der Waals surface area contributed by atoms with Crippen molar-refractivity contribution in [3.63, 3.8) is 0 Å². The van der Waals surface area contributed by atoms with Crippen LogP contribution in [0.3, 0.4) is 0 Å². The molecule has 1 saturated heterocycles. The molecule has 1 aromatic carbocycles. The summed E-state index contributed by atoms with van der Waals surface area (Å²) >= 11 is 0. The number of nitrogens with zero attached hydrogens (tertiary/aromatic N) is 1. The second kappa shape index (κ2) is 6.20. The van der Waals surface area contributed by atoms with Crippen molar-refractivity contribution in [3.05, 3.63) is 18.2 Å². The van der Waals surface area contributed by atoms with Crippen LogP contribution in [-0.2, 0) is 9.59 Å². The zero-order valence-electron chi connectivity index (χ0n) is 13.4. The maximum Gasteiger partial charge on any atom is 0.244 e. The molecule has 1 heterocycles. The number of carbonyl (C=O) groups excluding carboxylic acids is 2. The summed E-state index contributed by atoms with van der Waals surface area (Å²) in [6.07, 6.45) is 4.79. The van der Waals surface area contributed by atoms with Gasteiger partial charge in [0.2, 0.25) is 11.8 Å². The first-order valence-electron chi connectivity index (χ1n) is 8.12. The molecule has 0 radical (unpaired) electrons. The summed E-state index contributed by atoms with van der Waals surface area (Å²) in [6, 6.07) is 5.34. The maximum atomic E-state index is 12.4. The molecule has 3 N–H and O–H groups in total. The van der Waals surface area contributed by atoms with Crippen molar-refractivity contribution >= 4 is 23.2 Å². The lowest BCUT2D eigenvalue weighted by Crippen LogP contribution is -2.48. The van der Waals surface area contributed by atoms with E-state index >= 15 is 0 Å². The zero-order valence-corrected chi connectivity index (χ0v) is 13.4. The molecule has 2 amide bonds. The Balaban J connectivity index is 1.83. The second-order valence-corrected chi connectivity index (χ2v) is 6.35. The lowest BCUT2D eigenvalue weighted by atomic mass is 9.98. The summed E-state index contributed by atoms with van der Waals surface area (Å²) in [6.45, 7) is 0.674. The molecule has 2 aliphatic rings. The summed E-state index contributed by atoms with van der Waals surface area (Å²) in [5, 5.41) is 2.90. The summed E-state index contributed by atoms with van der Waals surface area (Å²) in [7, 11) is 1.57. The van der Waals surface area contributed by atoms with E-state index in [9.17, 15) is 9.59 Å². The lowest BCUT2D eigenvalue weighted by Gasteiger charge is -2.24. The minimum atomic E-state index is -0.774. The number of nitrogens with one attached hydrogen (secondary N) is 1. The van der Waals surface area contributed by atoms with Gasteiger partial charge in [0.1, 0.15) is 5.75 Å². The van der Waals surface area contributed by atoms with E-state index in [1.165, 1.54) is 0 Å². The molecule has 0 unspecified atom stereocenters. The van der Waals surface area contributed by atoms with Gasteiger partial charge in [0.25, 0.3) is 0 Å². The van der Waals surface area contributed by atoms with Crippen molar-refractivity contribution in [2.45, 2.75) is 44.1 Å². The molecule has 2 fully saturated rings. The summed E-state index contributed by atoms with van der Waals surface area (Å²) in [4.78, 5) is 26.2. The van der Waals surface area contributed by atoms with Gasteiger partial charge in [-0.1, -0.05) is 12.8 Å². The average molecular weight is 317 g/mol. The third kappa shape index (κ3) is 3.03. The molecule has 0 bridgehead atoms. The highest BCUT2D eigenvalue weighted by Gasteiger charge is 2.37. The normalized spacial score (nSPS) is 19.9. The molecule has 3 rings (SSSR count). The highest BCUT2D eigenvalue weighted by Crippen LogP contribution is 2.35. The van der Waals surface area contributed by atoms with Gasteiger partial charge in [-0.2, -0.15) is 0 Å². The number of amides is 2. The van der Waals surface area contributed by atoms with E-state index in [1.54, 1.807) is 30.2 Å². The Morgan fingerprint density at radius 1 is 1.30 bits per heavy atom. The number of anilines is 2. The second-order valence-electron chi connectivity index (χ2n) is 6.35. The third-order valence-electron chi connectivity index (χ3n) is 4.75. The SMILES string of the molecule is COc1ccc(NC(=O)C2(N)CCCC2)cc1N1CCCC1=O. The minimum Gasteiger partial charge on any atom is -0.495 e. The summed E-state index contributed by atoms with van der Waals surface area (Å²) < 4.78 is 5.35. The van der Waals surface area contributed by atoms with Crippen LogP contribution in [-0.4, -0.2) is 31.0 Å². The molecule has 1 aliphatic carbocycles. The quantitative estimate of drug-likeness (QED) is 0.890. The Morgan fingerprint density at radius 3 is 2.65 bits per heavy atom. The number of benzene rings is 1. The Kier molecular flexibility index (Phi) is 4.26. The molecule has 1 saturated carbocycles. The minimum absolute atomic E-state index is 0.0814. The van der Waals surface area contributed by atoms with Crippen LogP contribution in [0, 0.1) is 0 Å². The third-order valence-corrected chi connectivity index (χ3v) is 4.75. The fourth-order valence-electron chi connectivity index (χ4n) is 3.37. The van der Waals surface area contributed by atoms with Crippen LogP contribution in [0.4, 0.5) is 11.4 Å². The Bertz CT molecular complexity index is 624. The molecule has 23 heavy (non-hydrogen) atoms. The number of hydrogen-bond donors (Lipinski definition) is 2. The average Bonchev–Trinajstić information content (AvgIpc) is 3.16. The highest BCUT2D eigenvalue weighted by molar-refractivity contribution is 6.00. The van der Waals surface area contributed by atoms with Gasteiger partial charge in [-0.3, -0.25) is 9.59 Å². The predicted octanol–water partition coefficient (Wildman–Crippen LogP) is 2.03. The molecule has 0 atom stereocenters. The van der Waals surface area contributed by atoms with Crippen molar-refractivity contribution in [2.24, 2.45) is 5.73 Å². The standard InChI is InChI=1S/C17H23N3O3/c1-23-14-7-6-12(11-13(14)20-10-4-5-15(20)21)19-16(22)17(18)8-2-3-9-17/h6-7,11H,2-5,8-10,18H2,1H3,(H,19,22). The molecule has 6 heteroatoms. The van der Waals surface area contributed by atoms with Crippen molar-refractivity contribution < 1.29 is 14.3 Å². The number of carbonyl (C=O) groups is 2. The Morgan fingerprint density at radius 2 is 2.04 bits per heavy atom. The predicted molar refractivity (Wildman–Crippen MR) is 88.6 cm³/mol. The van der Waals surface area contributed by atoms with Gasteiger partial charge in [0.05, 0.1) is 18.3 Å². The lowest BCUT2D eigenvalue weighted by molar-refractivity contribution is -0.121. The molecule has 1 aliphatic heterocycles. The van der Waals surface area contributed by atoms with Crippen molar-refractivity contribution in [2.75, 3.05) is 23.9 Å². The highest BCUT2D eigenvalue weighted by atomic mass is 16.5. The van der Waals surface area contributed by atoms with E-state index in [0.29, 0.717) is 42.9 Å². The monoisotopic (exact) mass is 317 g/mol. The Hall–Kier alpha value is -2.08. The largest absolute Gasteiger partial charge is 0.495 e. The first kappa shape index (κ1) is 15.8. The van der Waals surface area contributed by atoms with Gasteiger partial charge in [0.15, 0.2) is 0 Å². The molecule has 6 nitrogen and oxygen atoms in total. The van der Waals surface area contributed by atoms with Crippen LogP contribution in [0.5, 0.6) is 5.75 Å². The summed E-state index contributed by atoms with van der Waals surface area (Å²) in [5.41, 5.74) is 6.75. The molecule has 0 spiro atoms. The smallest absolute Gasteiger partial charge is 0.244 e. The van der Waals surface area contributed by atoms with Gasteiger partial charge in [0, 0.05) is 18.7 Å². The van der Waals surface area contributed by atoms with E-state index in [0.717, 1.165) is 19.3 Å². The van der Waals surface area contributed by atoms with Crippen LogP contribution >= 0.6 is 0 Å². The van der Waals surface area contributed by atoms with Gasteiger partial charge in [-0.25, -0.2) is 0 Å². The van der Waals surface area contributed by atoms with Crippen LogP contribution in [0.15, 0.2) is 18.2 Å². The molecular weight excluding hydrogens is 294 g/mol. The molecule has 1 aromatic rings. The Labute approximate surface area is 136 Å². The zero-order chi connectivity index (χ0) is 16.4. The van der Waals surface area contributed by atoms with E-state index in [1.807, 2.05) is 0 Å². The van der Waals surface area contributed by atoms with E-state index in [2.05, 4.69) is 5.32 Å². The van der Waals surface area contributed by atoms with Crippen LogP contribution in [0.1, 0.15) is 38.5 Å². The van der Waals surface area contributed by atoms with Crippen LogP contribution in [0.2, 0.25) is 0 Å². The number of methoxy groups -OCH3 is 1. The van der Waals surface area contributed by atoms with Crippen molar-refractivity contribution in [1.82, 2.24) is 0 Å². The molecule has 124 valence electrons. The maximum absolute atomic E-state index is 12.4. The number of nitrogens with two attached hydrogens (primary N) is 1. The van der Waals surface area contributed by atoms with Crippen LogP contribution in [0.25, 0.3) is 0 Å². The van der Waals surface area contributed by atoms with Gasteiger partial charge < -0.3 is 20.7 Å². The van der Waals surface area contributed by atoms with E-state index in [4.69, 9.17) is 10.5 Å². The summed E-state index contributed by atoms with van der Waals surface area (Å²) in [5.74, 6) is 0.554. The fourth-order valence-corrected chi connectivity index (χ4v) is 3.37. The van der Waals surface area contributed by atoms with Gasteiger partial charge in [-0.05, 0) is 37.5 Å². The first-order valence-corrected chi connectivity index (χ1v) is 8.12. The van der Waals surface area contributed by atoms with Crippen molar-refractivity contribution in [1.29, 1.82) is 0 Å². The van der Waals surface area contributed by atoms with E-state index in [-0.39, 0.29) is 11.8 Å². The van der Waals surface area contributed by atoms with Crippen LogP contribution < -0.4 is 20.7 Å². The van der Waals surface area contributed by atoms with Gasteiger partial charge >= 0.3 is 0 Å². The van der Waals surface area contributed by atoms with E-state index < -0.39 is 5.54 Å². The molecular formula is C17H23N3O3.